The molecular weight excluding hydrogens is 586 g/mol. The van der Waals surface area contributed by atoms with Crippen LogP contribution in [0.2, 0.25) is 0 Å². The quantitative estimate of drug-likeness (QED) is 0.220. The van der Waals surface area contributed by atoms with Crippen molar-refractivity contribution >= 4 is 75.6 Å². The minimum absolute atomic E-state index is 0.000176. The van der Waals surface area contributed by atoms with E-state index in [1.807, 2.05) is 41.3 Å². The minimum atomic E-state index is -1.26. The molecule has 0 saturated carbocycles. The van der Waals surface area contributed by atoms with E-state index < -0.39 is 17.9 Å². The Morgan fingerprint density at radius 2 is 1.05 bits per heavy atom. The van der Waals surface area contributed by atoms with Gasteiger partial charge in [-0.1, -0.05) is 24.3 Å². The number of hydrogen-bond donors (Lipinski definition) is 3. The van der Waals surface area contributed by atoms with Gasteiger partial charge in [0, 0.05) is 67.6 Å². The Labute approximate surface area is 249 Å². The van der Waals surface area contributed by atoms with Crippen LogP contribution < -0.4 is 20.4 Å². The van der Waals surface area contributed by atoms with Gasteiger partial charge < -0.3 is 25.5 Å². The van der Waals surface area contributed by atoms with E-state index in [9.17, 15) is 19.5 Å². The smallest absolute Gasteiger partial charge is 0.328 e. The SMILES string of the molecule is O=C(Cc1ccc(N(CCCl)CCCl)cc1)NC[C@H](NC(=O)Cc1ccc(N(CCCl)CCCl)cc1)C(=O)O. The van der Waals surface area contributed by atoms with Gasteiger partial charge in [0.2, 0.25) is 11.8 Å². The van der Waals surface area contributed by atoms with Gasteiger partial charge in [0.1, 0.15) is 6.04 Å². The second-order valence-electron chi connectivity index (χ2n) is 8.68. The summed E-state index contributed by atoms with van der Waals surface area (Å²) in [5.74, 6) is -0.186. The number of alkyl halides is 4. The number of carboxylic acids is 1. The van der Waals surface area contributed by atoms with Crippen LogP contribution in [0.3, 0.4) is 0 Å². The van der Waals surface area contributed by atoms with Crippen LogP contribution in [0.15, 0.2) is 48.5 Å². The Morgan fingerprint density at radius 3 is 1.41 bits per heavy atom. The average molecular weight is 620 g/mol. The molecule has 0 bridgehead atoms. The van der Waals surface area contributed by atoms with Crippen molar-refractivity contribution in [2.45, 2.75) is 18.9 Å². The molecule has 2 aromatic carbocycles. The molecule has 8 nitrogen and oxygen atoms in total. The van der Waals surface area contributed by atoms with Gasteiger partial charge in [-0.3, -0.25) is 9.59 Å². The van der Waals surface area contributed by atoms with Crippen LogP contribution in [0.4, 0.5) is 11.4 Å². The fourth-order valence-electron chi connectivity index (χ4n) is 3.89. The fraction of sp³-hybridized carbons (Fsp3) is 0.444. The summed E-state index contributed by atoms with van der Waals surface area (Å²) < 4.78 is 0. The average Bonchev–Trinajstić information content (AvgIpc) is 2.91. The fourth-order valence-corrected chi connectivity index (χ4v) is 4.71. The topological polar surface area (TPSA) is 102 Å². The van der Waals surface area contributed by atoms with Crippen LogP contribution in [-0.2, 0) is 27.2 Å². The Kier molecular flexibility index (Phi) is 15.2. The molecule has 0 spiro atoms. The van der Waals surface area contributed by atoms with Gasteiger partial charge in [-0.25, -0.2) is 4.79 Å². The summed E-state index contributed by atoms with van der Waals surface area (Å²) in [7, 11) is 0. The summed E-state index contributed by atoms with van der Waals surface area (Å²) in [5, 5.41) is 14.6. The number of amides is 2. The zero-order valence-corrected chi connectivity index (χ0v) is 24.6. The van der Waals surface area contributed by atoms with Crippen molar-refractivity contribution in [3.05, 3.63) is 59.7 Å². The maximum atomic E-state index is 12.5. The molecule has 0 aliphatic rings. The molecule has 1 atom stereocenters. The zero-order chi connectivity index (χ0) is 28.6. The lowest BCUT2D eigenvalue weighted by Crippen LogP contribution is -2.49. The van der Waals surface area contributed by atoms with Crippen LogP contribution in [0.5, 0.6) is 0 Å². The molecule has 214 valence electrons. The van der Waals surface area contributed by atoms with Gasteiger partial charge in [0.05, 0.1) is 12.8 Å². The number of hydrogen-bond acceptors (Lipinski definition) is 5. The van der Waals surface area contributed by atoms with E-state index in [0.29, 0.717) is 49.7 Å². The van der Waals surface area contributed by atoms with Gasteiger partial charge >= 0.3 is 5.97 Å². The second-order valence-corrected chi connectivity index (χ2v) is 10.2. The Bertz CT molecular complexity index is 1030. The molecule has 0 fully saturated rings. The molecule has 0 aliphatic carbocycles. The summed E-state index contributed by atoms with van der Waals surface area (Å²) in [5.41, 5.74) is 3.37. The Morgan fingerprint density at radius 1 is 0.667 bits per heavy atom. The van der Waals surface area contributed by atoms with E-state index in [4.69, 9.17) is 46.4 Å². The first kappa shape index (κ1) is 32.8. The number of carbonyl (C=O) groups excluding carboxylic acids is 2. The lowest BCUT2D eigenvalue weighted by Gasteiger charge is -2.23. The number of carbonyl (C=O) groups is 3. The molecular formula is C27H34Cl4N4O4. The van der Waals surface area contributed by atoms with Crippen molar-refractivity contribution in [2.24, 2.45) is 0 Å². The molecule has 2 rings (SSSR count). The monoisotopic (exact) mass is 618 g/mol. The van der Waals surface area contributed by atoms with E-state index in [1.165, 1.54) is 0 Å². The minimum Gasteiger partial charge on any atom is -0.480 e. The number of carboxylic acid groups (broad SMARTS) is 1. The first-order valence-electron chi connectivity index (χ1n) is 12.5. The number of rotatable bonds is 18. The molecule has 0 saturated heterocycles. The Balaban J connectivity index is 1.87. The number of nitrogens with zero attached hydrogens (tertiary/aromatic N) is 2. The first-order chi connectivity index (χ1) is 18.8. The summed E-state index contributed by atoms with van der Waals surface area (Å²) in [6, 6.07) is 13.5. The molecule has 0 aliphatic heterocycles. The lowest BCUT2D eigenvalue weighted by molar-refractivity contribution is -0.141. The van der Waals surface area contributed by atoms with Crippen molar-refractivity contribution in [2.75, 3.05) is 66.0 Å². The molecule has 0 heterocycles. The van der Waals surface area contributed by atoms with Gasteiger partial charge in [-0.15, -0.1) is 46.4 Å². The number of nitrogens with one attached hydrogen (secondary N) is 2. The summed E-state index contributed by atoms with van der Waals surface area (Å²) in [4.78, 5) is 40.7. The van der Waals surface area contributed by atoms with E-state index in [1.54, 1.807) is 12.1 Å². The molecule has 0 unspecified atom stereocenters. The molecule has 2 aromatic rings. The predicted molar refractivity (Wildman–Crippen MR) is 160 cm³/mol. The van der Waals surface area contributed by atoms with Crippen LogP contribution >= 0.6 is 46.4 Å². The zero-order valence-electron chi connectivity index (χ0n) is 21.6. The molecule has 0 radical (unpaired) electrons. The van der Waals surface area contributed by atoms with Crippen molar-refractivity contribution in [3.63, 3.8) is 0 Å². The molecule has 3 N–H and O–H groups in total. The third-order valence-electron chi connectivity index (χ3n) is 5.89. The third-order valence-corrected chi connectivity index (χ3v) is 6.56. The standard InChI is InChI=1S/C27H34Cl4N4O4/c28-9-13-34(14-10-29)22-5-1-20(2-6-22)17-25(36)32-19-24(27(38)39)33-26(37)18-21-3-7-23(8-4-21)35(15-11-30)16-12-31/h1-8,24H,9-19H2,(H,32,36)(H,33,37)(H,38,39)/t24-/m0/s1. The van der Waals surface area contributed by atoms with Crippen LogP contribution in [0, 0.1) is 0 Å². The van der Waals surface area contributed by atoms with Crippen LogP contribution in [0.25, 0.3) is 0 Å². The second kappa shape index (κ2) is 18.1. The number of benzene rings is 2. The normalized spacial score (nSPS) is 11.5. The lowest BCUT2D eigenvalue weighted by atomic mass is 10.1. The highest BCUT2D eigenvalue weighted by atomic mass is 35.5. The molecule has 2 amide bonds. The summed E-state index contributed by atoms with van der Waals surface area (Å²) in [6.45, 7) is 2.37. The summed E-state index contributed by atoms with van der Waals surface area (Å²) in [6.07, 6.45) is 0.0716. The largest absolute Gasteiger partial charge is 0.480 e. The molecule has 39 heavy (non-hydrogen) atoms. The highest BCUT2D eigenvalue weighted by molar-refractivity contribution is 6.19. The molecule has 0 aromatic heterocycles. The predicted octanol–water partition coefficient (Wildman–Crippen LogP) is 3.73. The van der Waals surface area contributed by atoms with E-state index in [-0.39, 0.29) is 25.3 Å². The van der Waals surface area contributed by atoms with E-state index >= 15 is 0 Å². The van der Waals surface area contributed by atoms with Gasteiger partial charge in [0.25, 0.3) is 0 Å². The maximum absolute atomic E-state index is 12.5. The van der Waals surface area contributed by atoms with Crippen molar-refractivity contribution in [1.29, 1.82) is 0 Å². The van der Waals surface area contributed by atoms with E-state index in [0.717, 1.165) is 22.5 Å². The first-order valence-corrected chi connectivity index (χ1v) is 14.7. The van der Waals surface area contributed by atoms with Crippen LogP contribution in [-0.4, -0.2) is 85.2 Å². The third kappa shape index (κ3) is 11.7. The highest BCUT2D eigenvalue weighted by Crippen LogP contribution is 2.17. The van der Waals surface area contributed by atoms with Gasteiger partial charge in [-0.05, 0) is 35.4 Å². The van der Waals surface area contributed by atoms with Gasteiger partial charge in [-0.2, -0.15) is 0 Å². The van der Waals surface area contributed by atoms with Crippen molar-refractivity contribution < 1.29 is 19.5 Å². The van der Waals surface area contributed by atoms with Crippen molar-refractivity contribution in [1.82, 2.24) is 10.6 Å². The summed E-state index contributed by atoms with van der Waals surface area (Å²) >= 11 is 23.4. The highest BCUT2D eigenvalue weighted by Gasteiger charge is 2.21. The molecule has 12 heteroatoms. The van der Waals surface area contributed by atoms with Gasteiger partial charge in [0.15, 0.2) is 0 Å². The maximum Gasteiger partial charge on any atom is 0.328 e. The number of anilines is 2. The Hall–Kier alpha value is -2.39. The number of aliphatic carboxylic acids is 1. The van der Waals surface area contributed by atoms with Crippen LogP contribution in [0.1, 0.15) is 11.1 Å². The van der Waals surface area contributed by atoms with E-state index in [2.05, 4.69) is 15.5 Å². The number of halogens is 4. The van der Waals surface area contributed by atoms with Crippen molar-refractivity contribution in [3.8, 4) is 0 Å².